The van der Waals surface area contributed by atoms with Gasteiger partial charge in [-0.3, -0.25) is 14.6 Å². The third-order valence-corrected chi connectivity index (χ3v) is 3.85. The summed E-state index contributed by atoms with van der Waals surface area (Å²) < 4.78 is 10.5. The summed E-state index contributed by atoms with van der Waals surface area (Å²) >= 11 is 0. The highest BCUT2D eigenvalue weighted by Gasteiger charge is 2.31. The van der Waals surface area contributed by atoms with E-state index in [0.717, 1.165) is 0 Å². The Labute approximate surface area is 151 Å². The maximum atomic E-state index is 12.9. The predicted octanol–water partition coefficient (Wildman–Crippen LogP) is 3.66. The van der Waals surface area contributed by atoms with Crippen LogP contribution in [0.5, 0.6) is 11.5 Å². The quantitative estimate of drug-likeness (QED) is 0.295. The lowest BCUT2D eigenvalue weighted by Crippen LogP contribution is -2.26. The molecule has 5 heteroatoms. The van der Waals surface area contributed by atoms with Gasteiger partial charge in [0.1, 0.15) is 17.4 Å². The molecule has 1 unspecified atom stereocenters. The second-order valence-corrected chi connectivity index (χ2v) is 5.55. The Morgan fingerprint density at radius 1 is 0.885 bits per heavy atom. The number of nitrogens with zero attached hydrogens (tertiary/aromatic N) is 1. The van der Waals surface area contributed by atoms with Gasteiger partial charge in [0.05, 0.1) is 7.11 Å². The minimum atomic E-state index is -1.07. The molecule has 0 saturated heterocycles. The Balaban J connectivity index is 1.89. The average Bonchev–Trinajstić information content (AvgIpc) is 2.70. The lowest BCUT2D eigenvalue weighted by molar-refractivity contribution is -0.134. The first-order chi connectivity index (χ1) is 12.7. The number of ether oxygens (including phenoxy) is 2. The van der Waals surface area contributed by atoms with Crippen molar-refractivity contribution in [2.45, 2.75) is 5.92 Å². The first-order valence-corrected chi connectivity index (χ1v) is 8.04. The van der Waals surface area contributed by atoms with Crippen LogP contribution in [0.2, 0.25) is 0 Å². The topological polar surface area (TPSA) is 65.5 Å². The van der Waals surface area contributed by atoms with Crippen LogP contribution >= 0.6 is 0 Å². The minimum Gasteiger partial charge on any atom is -0.497 e. The molecule has 1 atom stereocenters. The Morgan fingerprint density at radius 2 is 1.58 bits per heavy atom. The van der Waals surface area contributed by atoms with Crippen LogP contribution in [0.1, 0.15) is 21.8 Å². The van der Waals surface area contributed by atoms with Gasteiger partial charge in [-0.05, 0) is 42.0 Å². The number of hydrogen-bond donors (Lipinski definition) is 0. The third-order valence-electron chi connectivity index (χ3n) is 3.85. The molecule has 26 heavy (non-hydrogen) atoms. The van der Waals surface area contributed by atoms with Crippen molar-refractivity contribution in [2.24, 2.45) is 0 Å². The Bertz CT molecular complexity index is 877. The highest BCUT2D eigenvalue weighted by Crippen LogP contribution is 2.25. The molecule has 0 amide bonds. The smallest absolute Gasteiger partial charge is 0.326 e. The van der Waals surface area contributed by atoms with E-state index in [2.05, 4.69) is 4.98 Å². The second-order valence-electron chi connectivity index (χ2n) is 5.55. The number of aromatic nitrogens is 1. The molecule has 2 aromatic carbocycles. The molecule has 0 aliphatic carbocycles. The summed E-state index contributed by atoms with van der Waals surface area (Å²) in [5.74, 6) is -1.08. The number of benzene rings is 2. The minimum absolute atomic E-state index is 0.343. The fourth-order valence-corrected chi connectivity index (χ4v) is 2.53. The van der Waals surface area contributed by atoms with Crippen molar-refractivity contribution in [2.75, 3.05) is 7.11 Å². The van der Waals surface area contributed by atoms with Gasteiger partial charge in [0.15, 0.2) is 5.78 Å². The highest BCUT2D eigenvalue weighted by molar-refractivity contribution is 6.13. The van der Waals surface area contributed by atoms with Crippen LogP contribution < -0.4 is 9.47 Å². The van der Waals surface area contributed by atoms with E-state index < -0.39 is 11.9 Å². The van der Waals surface area contributed by atoms with E-state index in [1.165, 1.54) is 6.20 Å². The van der Waals surface area contributed by atoms with Crippen LogP contribution in [0.4, 0.5) is 0 Å². The molecule has 3 aromatic rings. The largest absolute Gasteiger partial charge is 0.497 e. The maximum absolute atomic E-state index is 12.9. The number of hydrogen-bond acceptors (Lipinski definition) is 5. The van der Waals surface area contributed by atoms with Crippen LogP contribution in [0.3, 0.4) is 0 Å². The average molecular weight is 347 g/mol. The number of pyridine rings is 1. The van der Waals surface area contributed by atoms with Gasteiger partial charge in [-0.1, -0.05) is 30.3 Å². The molecule has 1 aromatic heterocycles. The molecule has 5 nitrogen and oxygen atoms in total. The molecule has 0 spiro atoms. The standard InChI is InChI=1S/C21H17NO4/c1-25-17-9-11-18(12-10-17)26-21(24)19(15-6-3-2-4-7-15)20(23)16-8-5-13-22-14-16/h2-14,19H,1H3. The van der Waals surface area contributed by atoms with Crippen LogP contribution in [0, 0.1) is 0 Å². The molecule has 0 bridgehead atoms. The lowest BCUT2D eigenvalue weighted by atomic mass is 9.91. The van der Waals surface area contributed by atoms with Gasteiger partial charge in [-0.15, -0.1) is 0 Å². The van der Waals surface area contributed by atoms with Crippen LogP contribution in [0.25, 0.3) is 0 Å². The summed E-state index contributed by atoms with van der Waals surface area (Å²) in [4.78, 5) is 29.7. The number of ketones is 1. The number of Topliss-reactive ketones (excluding diaryl/α,β-unsaturated/α-hetero) is 1. The van der Waals surface area contributed by atoms with Crippen molar-refractivity contribution in [3.05, 3.63) is 90.3 Å². The second kappa shape index (κ2) is 8.07. The first-order valence-electron chi connectivity index (χ1n) is 8.04. The fourth-order valence-electron chi connectivity index (χ4n) is 2.53. The van der Waals surface area contributed by atoms with E-state index in [0.29, 0.717) is 22.6 Å². The maximum Gasteiger partial charge on any atom is 0.326 e. The van der Waals surface area contributed by atoms with Gasteiger partial charge < -0.3 is 9.47 Å². The van der Waals surface area contributed by atoms with Crippen molar-refractivity contribution in [1.29, 1.82) is 0 Å². The van der Waals surface area contributed by atoms with E-state index in [4.69, 9.17) is 9.47 Å². The molecule has 0 aliphatic heterocycles. The number of carbonyl (C=O) groups is 2. The van der Waals surface area contributed by atoms with Crippen molar-refractivity contribution in [1.82, 2.24) is 4.98 Å². The molecule has 0 saturated carbocycles. The molecule has 0 N–H and O–H groups in total. The van der Waals surface area contributed by atoms with Crippen LogP contribution in [-0.4, -0.2) is 23.8 Å². The molecule has 1 heterocycles. The Kier molecular flexibility index (Phi) is 5.39. The molecular weight excluding hydrogens is 330 g/mol. The first kappa shape index (κ1) is 17.4. The fraction of sp³-hybridized carbons (Fsp3) is 0.0952. The van der Waals surface area contributed by atoms with Gasteiger partial charge in [-0.25, -0.2) is 0 Å². The van der Waals surface area contributed by atoms with Gasteiger partial charge in [0.2, 0.25) is 0 Å². The molecule has 3 rings (SSSR count). The zero-order valence-electron chi connectivity index (χ0n) is 14.2. The third kappa shape index (κ3) is 3.95. The molecule has 130 valence electrons. The number of rotatable bonds is 6. The summed E-state index contributed by atoms with van der Waals surface area (Å²) in [7, 11) is 1.55. The summed E-state index contributed by atoms with van der Waals surface area (Å²) in [6, 6.07) is 18.7. The number of carbonyl (C=O) groups excluding carboxylic acids is 2. The van der Waals surface area contributed by atoms with Gasteiger partial charge in [-0.2, -0.15) is 0 Å². The van der Waals surface area contributed by atoms with E-state index in [1.807, 2.05) is 6.07 Å². The summed E-state index contributed by atoms with van der Waals surface area (Å²) in [5.41, 5.74) is 0.924. The lowest BCUT2D eigenvalue weighted by Gasteiger charge is -2.15. The predicted molar refractivity (Wildman–Crippen MR) is 96.4 cm³/mol. The van der Waals surface area contributed by atoms with Crippen molar-refractivity contribution in [3.63, 3.8) is 0 Å². The monoisotopic (exact) mass is 347 g/mol. The Morgan fingerprint density at radius 3 is 2.19 bits per heavy atom. The van der Waals surface area contributed by atoms with E-state index >= 15 is 0 Å². The summed E-state index contributed by atoms with van der Waals surface area (Å²) in [6.45, 7) is 0. The summed E-state index contributed by atoms with van der Waals surface area (Å²) in [5, 5.41) is 0. The normalized spacial score (nSPS) is 11.4. The molecule has 0 aliphatic rings. The highest BCUT2D eigenvalue weighted by atomic mass is 16.5. The van der Waals surface area contributed by atoms with Crippen LogP contribution in [-0.2, 0) is 4.79 Å². The van der Waals surface area contributed by atoms with Crippen LogP contribution in [0.15, 0.2) is 79.1 Å². The van der Waals surface area contributed by atoms with Crippen molar-refractivity contribution in [3.8, 4) is 11.5 Å². The zero-order chi connectivity index (χ0) is 18.4. The van der Waals surface area contributed by atoms with Crippen molar-refractivity contribution < 1.29 is 19.1 Å². The van der Waals surface area contributed by atoms with Crippen molar-refractivity contribution >= 4 is 11.8 Å². The Hall–Kier alpha value is -3.47. The van der Waals surface area contributed by atoms with E-state index in [-0.39, 0.29) is 5.78 Å². The summed E-state index contributed by atoms with van der Waals surface area (Å²) in [6.07, 6.45) is 3.02. The van der Waals surface area contributed by atoms with E-state index in [1.54, 1.807) is 74.0 Å². The SMILES string of the molecule is COc1ccc(OC(=O)C(C(=O)c2cccnc2)c2ccccc2)cc1. The van der Waals surface area contributed by atoms with E-state index in [9.17, 15) is 9.59 Å². The molecular formula is C21H17NO4. The van der Waals surface area contributed by atoms with Gasteiger partial charge in [0.25, 0.3) is 0 Å². The molecule has 0 radical (unpaired) electrons. The molecule has 0 fully saturated rings. The van der Waals surface area contributed by atoms with Gasteiger partial charge >= 0.3 is 5.97 Å². The zero-order valence-corrected chi connectivity index (χ0v) is 14.2. The number of esters is 1. The number of methoxy groups -OCH3 is 1. The van der Waals surface area contributed by atoms with Gasteiger partial charge in [0, 0.05) is 18.0 Å².